The SMILES string of the molecule is CCNC(=O)/C=N/c1nc2cc(-c3cnc(C(O)CC)nc3)cc(-c3ccccn3)c2s1. The Labute approximate surface area is 189 Å². The molecule has 3 heterocycles. The van der Waals surface area contributed by atoms with Gasteiger partial charge in [-0.2, -0.15) is 0 Å². The van der Waals surface area contributed by atoms with E-state index in [-0.39, 0.29) is 5.91 Å². The van der Waals surface area contributed by atoms with Crippen LogP contribution in [0.5, 0.6) is 0 Å². The quantitative estimate of drug-likeness (QED) is 0.413. The Bertz CT molecular complexity index is 1250. The van der Waals surface area contributed by atoms with Crippen molar-refractivity contribution in [2.75, 3.05) is 6.54 Å². The lowest BCUT2D eigenvalue weighted by atomic mass is 10.0. The molecule has 32 heavy (non-hydrogen) atoms. The van der Waals surface area contributed by atoms with E-state index in [1.54, 1.807) is 18.6 Å². The third kappa shape index (κ3) is 4.68. The zero-order valence-corrected chi connectivity index (χ0v) is 18.5. The number of amides is 1. The van der Waals surface area contributed by atoms with Crippen LogP contribution in [0.4, 0.5) is 5.13 Å². The fourth-order valence-corrected chi connectivity index (χ4v) is 4.05. The normalized spacial score (nSPS) is 12.3. The van der Waals surface area contributed by atoms with Gasteiger partial charge in [0.15, 0.2) is 5.82 Å². The number of thiazole rings is 1. The summed E-state index contributed by atoms with van der Waals surface area (Å²) in [6, 6.07) is 9.70. The molecule has 0 fully saturated rings. The Kier molecular flexibility index (Phi) is 6.58. The molecule has 0 aliphatic carbocycles. The van der Waals surface area contributed by atoms with Crippen LogP contribution in [-0.2, 0) is 4.79 Å². The zero-order valence-electron chi connectivity index (χ0n) is 17.7. The van der Waals surface area contributed by atoms with Crippen molar-refractivity contribution < 1.29 is 9.90 Å². The molecule has 1 unspecified atom stereocenters. The number of aliphatic imine (C=N–C) groups is 1. The van der Waals surface area contributed by atoms with Gasteiger partial charge in [-0.25, -0.2) is 19.9 Å². The summed E-state index contributed by atoms with van der Waals surface area (Å²) in [7, 11) is 0. The van der Waals surface area contributed by atoms with Gasteiger partial charge >= 0.3 is 0 Å². The average Bonchev–Trinajstić information content (AvgIpc) is 3.25. The molecule has 0 saturated carbocycles. The number of hydrogen-bond acceptors (Lipinski definition) is 8. The fourth-order valence-electron chi connectivity index (χ4n) is 3.13. The standard InChI is InChI=1S/C23H22N6O2S/c1-3-19(30)22-26-11-15(12-27-22)14-9-16(17-7-5-6-8-25-17)21-18(10-14)29-23(32-21)28-13-20(31)24-4-2/h5-13,19,30H,3-4H2,1-2H3,(H,24,31)/b28-13+. The Morgan fingerprint density at radius 3 is 2.69 bits per heavy atom. The molecule has 0 saturated heterocycles. The average molecular weight is 447 g/mol. The van der Waals surface area contributed by atoms with E-state index in [0.29, 0.717) is 23.9 Å². The molecule has 0 spiro atoms. The van der Waals surface area contributed by atoms with Crippen molar-refractivity contribution in [3.63, 3.8) is 0 Å². The molecule has 8 nitrogen and oxygen atoms in total. The van der Waals surface area contributed by atoms with Crippen LogP contribution >= 0.6 is 11.3 Å². The van der Waals surface area contributed by atoms with Gasteiger partial charge in [0.05, 0.1) is 22.1 Å². The molecule has 0 aliphatic heterocycles. The molecular weight excluding hydrogens is 424 g/mol. The van der Waals surface area contributed by atoms with E-state index in [2.05, 4.69) is 30.2 Å². The number of aliphatic hydroxyl groups excluding tert-OH is 1. The molecule has 3 aromatic heterocycles. The Morgan fingerprint density at radius 2 is 2.00 bits per heavy atom. The van der Waals surface area contributed by atoms with Gasteiger partial charge in [-0.3, -0.25) is 9.78 Å². The summed E-state index contributed by atoms with van der Waals surface area (Å²) in [6.07, 6.45) is 6.25. The smallest absolute Gasteiger partial charge is 0.262 e. The molecule has 2 N–H and O–H groups in total. The lowest BCUT2D eigenvalue weighted by molar-refractivity contribution is -0.114. The maximum Gasteiger partial charge on any atom is 0.262 e. The summed E-state index contributed by atoms with van der Waals surface area (Å²) in [4.78, 5) is 33.7. The first-order chi connectivity index (χ1) is 15.6. The Morgan fingerprint density at radius 1 is 1.19 bits per heavy atom. The topological polar surface area (TPSA) is 113 Å². The van der Waals surface area contributed by atoms with Crippen molar-refractivity contribution in [2.24, 2.45) is 4.99 Å². The number of pyridine rings is 1. The molecule has 1 aromatic carbocycles. The number of aliphatic hydroxyl groups is 1. The van der Waals surface area contributed by atoms with Gasteiger partial charge < -0.3 is 10.4 Å². The highest BCUT2D eigenvalue weighted by molar-refractivity contribution is 7.22. The largest absolute Gasteiger partial charge is 0.385 e. The van der Waals surface area contributed by atoms with Crippen LogP contribution in [0.1, 0.15) is 32.2 Å². The van der Waals surface area contributed by atoms with Gasteiger partial charge in [0.25, 0.3) is 5.91 Å². The van der Waals surface area contributed by atoms with E-state index >= 15 is 0 Å². The molecule has 1 atom stereocenters. The molecule has 162 valence electrons. The maximum absolute atomic E-state index is 11.7. The first-order valence-corrected chi connectivity index (χ1v) is 11.1. The summed E-state index contributed by atoms with van der Waals surface area (Å²) in [5.74, 6) is 0.141. The number of nitrogens with one attached hydrogen (secondary N) is 1. The third-order valence-electron chi connectivity index (χ3n) is 4.75. The number of carbonyl (C=O) groups excluding carboxylic acids is 1. The number of aromatic nitrogens is 4. The van der Waals surface area contributed by atoms with Crippen LogP contribution in [-0.4, -0.2) is 43.7 Å². The van der Waals surface area contributed by atoms with Gasteiger partial charge in [-0.05, 0) is 43.2 Å². The van der Waals surface area contributed by atoms with E-state index in [1.807, 2.05) is 44.2 Å². The molecule has 4 aromatic rings. The van der Waals surface area contributed by atoms with Crippen LogP contribution in [0.15, 0.2) is 53.9 Å². The molecule has 1 amide bonds. The highest BCUT2D eigenvalue weighted by Gasteiger charge is 2.15. The second kappa shape index (κ2) is 9.71. The number of nitrogens with zero attached hydrogens (tertiary/aromatic N) is 5. The summed E-state index contributed by atoms with van der Waals surface area (Å²) >= 11 is 1.40. The van der Waals surface area contributed by atoms with Gasteiger partial charge in [-0.1, -0.05) is 24.3 Å². The summed E-state index contributed by atoms with van der Waals surface area (Å²) in [5.41, 5.74) is 4.14. The molecule has 9 heteroatoms. The van der Waals surface area contributed by atoms with Crippen LogP contribution in [0.3, 0.4) is 0 Å². The predicted molar refractivity (Wildman–Crippen MR) is 126 cm³/mol. The van der Waals surface area contributed by atoms with E-state index in [4.69, 9.17) is 0 Å². The van der Waals surface area contributed by atoms with Gasteiger partial charge in [0.1, 0.15) is 6.10 Å². The number of hydrogen-bond donors (Lipinski definition) is 2. The summed E-state index contributed by atoms with van der Waals surface area (Å²) in [6.45, 7) is 4.26. The highest BCUT2D eigenvalue weighted by atomic mass is 32.1. The minimum absolute atomic E-state index is 0.260. The number of rotatable bonds is 7. The van der Waals surface area contributed by atoms with E-state index in [9.17, 15) is 9.90 Å². The van der Waals surface area contributed by atoms with Crippen LogP contribution < -0.4 is 5.32 Å². The minimum Gasteiger partial charge on any atom is -0.385 e. The van der Waals surface area contributed by atoms with Gasteiger partial charge in [-0.15, -0.1) is 0 Å². The fraction of sp³-hybridized carbons (Fsp3) is 0.217. The van der Waals surface area contributed by atoms with Crippen LogP contribution in [0.2, 0.25) is 0 Å². The second-order valence-electron chi connectivity index (χ2n) is 6.99. The van der Waals surface area contributed by atoms with E-state index in [1.165, 1.54) is 17.6 Å². The first kappa shape index (κ1) is 21.7. The molecule has 0 radical (unpaired) electrons. The van der Waals surface area contributed by atoms with Crippen molar-refractivity contribution in [1.29, 1.82) is 0 Å². The highest BCUT2D eigenvalue weighted by Crippen LogP contribution is 2.38. The monoisotopic (exact) mass is 446 g/mol. The molecular formula is C23H22N6O2S. The van der Waals surface area contributed by atoms with Crippen molar-refractivity contribution in [2.45, 2.75) is 26.4 Å². The number of benzene rings is 1. The van der Waals surface area contributed by atoms with Crippen LogP contribution in [0.25, 0.3) is 32.6 Å². The van der Waals surface area contributed by atoms with Crippen molar-refractivity contribution >= 4 is 38.8 Å². The zero-order chi connectivity index (χ0) is 22.5. The van der Waals surface area contributed by atoms with Crippen LogP contribution in [0, 0.1) is 0 Å². The van der Waals surface area contributed by atoms with Gasteiger partial charge in [0, 0.05) is 36.3 Å². The number of carbonyl (C=O) groups is 1. The first-order valence-electron chi connectivity index (χ1n) is 10.3. The summed E-state index contributed by atoms with van der Waals surface area (Å²) < 4.78 is 0.925. The second-order valence-corrected chi connectivity index (χ2v) is 7.97. The lowest BCUT2D eigenvalue weighted by Gasteiger charge is -2.09. The van der Waals surface area contributed by atoms with E-state index < -0.39 is 6.10 Å². The molecule has 4 rings (SSSR count). The third-order valence-corrected chi connectivity index (χ3v) is 5.77. The minimum atomic E-state index is -0.681. The predicted octanol–water partition coefficient (Wildman–Crippen LogP) is 4.10. The molecule has 0 bridgehead atoms. The maximum atomic E-state index is 11.7. The van der Waals surface area contributed by atoms with Crippen molar-refractivity contribution in [1.82, 2.24) is 25.3 Å². The Hall–Kier alpha value is -3.56. The lowest BCUT2D eigenvalue weighted by Crippen LogP contribution is -2.23. The molecule has 0 aliphatic rings. The number of fused-ring (bicyclic) bond motifs is 1. The van der Waals surface area contributed by atoms with E-state index in [0.717, 1.165) is 32.6 Å². The van der Waals surface area contributed by atoms with Gasteiger partial charge in [0.2, 0.25) is 5.13 Å². The Balaban J connectivity index is 1.80. The van der Waals surface area contributed by atoms with Crippen molar-refractivity contribution in [3.8, 4) is 22.4 Å². The van der Waals surface area contributed by atoms with Crippen molar-refractivity contribution in [3.05, 3.63) is 54.7 Å². The summed E-state index contributed by atoms with van der Waals surface area (Å²) in [5, 5.41) is 13.1.